The van der Waals surface area contributed by atoms with Gasteiger partial charge >= 0.3 is 0 Å². The van der Waals surface area contributed by atoms with Crippen molar-refractivity contribution in [3.05, 3.63) is 99.8 Å². The van der Waals surface area contributed by atoms with E-state index in [9.17, 15) is 29.2 Å². The largest absolute Gasteiger partial charge is 0.483 e. The van der Waals surface area contributed by atoms with Gasteiger partial charge in [0.05, 0.1) is 6.61 Å². The molecule has 4 N–H and O–H groups in total. The molecule has 4 aromatic rings. The zero-order valence-electron chi connectivity index (χ0n) is 19.9. The average molecular weight is 547 g/mol. The standard InChI is InChI=1S/C28H25ClF2O7/c29-20-5-3-16(28-27(35)26(34)25(33)24(12-32)38-28)9-17(20)7-14-1-6-22(21(31)8-14)36-13-19-10-15-2-4-18(30)11-23(15)37-19/h1-6,8-11,24-28,32-35H,7,12-13H2/t24-,25-,26+,27-,28+/m1/s1. The first-order valence-electron chi connectivity index (χ1n) is 11.9. The molecule has 1 aliphatic heterocycles. The zero-order chi connectivity index (χ0) is 27.0. The van der Waals surface area contributed by atoms with Gasteiger partial charge in [-0.15, -0.1) is 0 Å². The number of benzene rings is 3. The van der Waals surface area contributed by atoms with E-state index in [-0.39, 0.29) is 18.8 Å². The second-order valence-electron chi connectivity index (χ2n) is 9.23. The first-order chi connectivity index (χ1) is 18.2. The van der Waals surface area contributed by atoms with Crippen molar-refractivity contribution in [2.24, 2.45) is 0 Å². The first-order valence-corrected chi connectivity index (χ1v) is 12.3. The van der Waals surface area contributed by atoms with Crippen LogP contribution in [0.4, 0.5) is 8.78 Å². The molecule has 10 heteroatoms. The van der Waals surface area contributed by atoms with Crippen molar-refractivity contribution >= 4 is 22.6 Å². The van der Waals surface area contributed by atoms with Gasteiger partial charge in [-0.2, -0.15) is 0 Å². The Morgan fingerprint density at radius 3 is 2.47 bits per heavy atom. The molecule has 38 heavy (non-hydrogen) atoms. The van der Waals surface area contributed by atoms with E-state index in [1.165, 1.54) is 24.3 Å². The molecule has 0 amide bonds. The number of fused-ring (bicyclic) bond motifs is 1. The summed E-state index contributed by atoms with van der Waals surface area (Å²) in [6.45, 7) is -0.579. The Morgan fingerprint density at radius 1 is 0.895 bits per heavy atom. The van der Waals surface area contributed by atoms with E-state index >= 15 is 0 Å². The predicted molar refractivity (Wildman–Crippen MR) is 134 cm³/mol. The Bertz CT molecular complexity index is 1440. The Kier molecular flexibility index (Phi) is 7.67. The number of ether oxygens (including phenoxy) is 2. The molecule has 5 atom stereocenters. The van der Waals surface area contributed by atoms with Crippen molar-refractivity contribution in [3.63, 3.8) is 0 Å². The summed E-state index contributed by atoms with van der Waals surface area (Å²) in [5, 5.41) is 41.2. The third-order valence-electron chi connectivity index (χ3n) is 6.58. The van der Waals surface area contributed by atoms with Crippen LogP contribution < -0.4 is 4.74 Å². The maximum Gasteiger partial charge on any atom is 0.165 e. The van der Waals surface area contributed by atoms with E-state index in [1.54, 1.807) is 36.4 Å². The molecule has 2 heterocycles. The minimum absolute atomic E-state index is 0.0153. The van der Waals surface area contributed by atoms with Crippen LogP contribution >= 0.6 is 11.6 Å². The van der Waals surface area contributed by atoms with E-state index in [2.05, 4.69) is 0 Å². The molecule has 1 aromatic heterocycles. The fourth-order valence-electron chi connectivity index (χ4n) is 4.56. The van der Waals surface area contributed by atoms with Gasteiger partial charge in [0, 0.05) is 16.5 Å². The van der Waals surface area contributed by atoms with Gasteiger partial charge in [0.1, 0.15) is 54.3 Å². The molecule has 0 bridgehead atoms. The monoisotopic (exact) mass is 546 g/mol. The number of furan rings is 1. The number of aliphatic hydroxyl groups is 4. The van der Waals surface area contributed by atoms with Gasteiger partial charge in [0.25, 0.3) is 0 Å². The van der Waals surface area contributed by atoms with Crippen LogP contribution in [0.5, 0.6) is 5.75 Å². The maximum absolute atomic E-state index is 14.8. The Labute approximate surface area is 221 Å². The van der Waals surface area contributed by atoms with Crippen LogP contribution in [0.15, 0.2) is 65.1 Å². The number of rotatable bonds is 7. The minimum Gasteiger partial charge on any atom is -0.483 e. The van der Waals surface area contributed by atoms with Crippen LogP contribution in [0.1, 0.15) is 28.6 Å². The van der Waals surface area contributed by atoms with E-state index in [4.69, 9.17) is 25.5 Å². The molecular weight excluding hydrogens is 522 g/mol. The van der Waals surface area contributed by atoms with E-state index in [0.717, 1.165) is 0 Å². The van der Waals surface area contributed by atoms with E-state index in [1.807, 2.05) is 0 Å². The van der Waals surface area contributed by atoms with Crippen molar-refractivity contribution in [2.75, 3.05) is 6.61 Å². The lowest BCUT2D eigenvalue weighted by molar-refractivity contribution is -0.231. The highest BCUT2D eigenvalue weighted by atomic mass is 35.5. The van der Waals surface area contributed by atoms with Gasteiger partial charge in [-0.1, -0.05) is 29.8 Å². The summed E-state index contributed by atoms with van der Waals surface area (Å²) < 4.78 is 44.9. The van der Waals surface area contributed by atoms with Gasteiger partial charge < -0.3 is 34.3 Å². The molecule has 7 nitrogen and oxygen atoms in total. The van der Waals surface area contributed by atoms with Gasteiger partial charge in [0.2, 0.25) is 0 Å². The topological polar surface area (TPSA) is 113 Å². The minimum atomic E-state index is -1.51. The number of aliphatic hydroxyl groups excluding tert-OH is 4. The maximum atomic E-state index is 14.8. The quantitative estimate of drug-likeness (QED) is 0.277. The fourth-order valence-corrected chi connectivity index (χ4v) is 4.74. The highest BCUT2D eigenvalue weighted by molar-refractivity contribution is 6.31. The van der Waals surface area contributed by atoms with Crippen LogP contribution in [0, 0.1) is 11.6 Å². The first kappa shape index (κ1) is 26.6. The molecule has 1 saturated heterocycles. The second-order valence-corrected chi connectivity index (χ2v) is 9.63. The van der Waals surface area contributed by atoms with Gasteiger partial charge in [0.15, 0.2) is 11.6 Å². The van der Waals surface area contributed by atoms with Crippen molar-refractivity contribution in [3.8, 4) is 5.75 Å². The molecule has 1 aliphatic rings. The van der Waals surface area contributed by atoms with Gasteiger partial charge in [-0.3, -0.25) is 0 Å². The summed E-state index contributed by atoms with van der Waals surface area (Å²) in [4.78, 5) is 0. The lowest BCUT2D eigenvalue weighted by atomic mass is 9.90. The third kappa shape index (κ3) is 5.40. The summed E-state index contributed by atoms with van der Waals surface area (Å²) in [6.07, 6.45) is -6.20. The summed E-state index contributed by atoms with van der Waals surface area (Å²) in [5.74, 6) is -0.571. The van der Waals surface area contributed by atoms with Crippen molar-refractivity contribution < 1.29 is 43.1 Å². The molecule has 5 rings (SSSR count). The molecular formula is C28H25ClF2O7. The number of hydrogen-bond acceptors (Lipinski definition) is 7. The second kappa shape index (κ2) is 11.0. The Morgan fingerprint density at radius 2 is 1.71 bits per heavy atom. The normalized spacial score (nSPS) is 23.6. The number of halogens is 3. The van der Waals surface area contributed by atoms with Crippen LogP contribution in [-0.4, -0.2) is 51.4 Å². The highest BCUT2D eigenvalue weighted by Crippen LogP contribution is 2.35. The molecule has 0 unspecified atom stereocenters. The molecule has 3 aromatic carbocycles. The van der Waals surface area contributed by atoms with E-state index < -0.39 is 48.8 Å². The van der Waals surface area contributed by atoms with Crippen molar-refractivity contribution in [1.29, 1.82) is 0 Å². The summed E-state index contributed by atoms with van der Waals surface area (Å²) >= 11 is 6.38. The molecule has 0 spiro atoms. The van der Waals surface area contributed by atoms with Crippen molar-refractivity contribution in [1.82, 2.24) is 0 Å². The Hall–Kier alpha value is -3.05. The smallest absolute Gasteiger partial charge is 0.165 e. The molecule has 200 valence electrons. The zero-order valence-corrected chi connectivity index (χ0v) is 20.7. The third-order valence-corrected chi connectivity index (χ3v) is 6.95. The molecule has 0 aliphatic carbocycles. The summed E-state index contributed by atoms with van der Waals surface area (Å²) in [6, 6.07) is 15.3. The number of hydrogen-bond donors (Lipinski definition) is 4. The van der Waals surface area contributed by atoms with Crippen LogP contribution in [0.25, 0.3) is 11.0 Å². The molecule has 0 radical (unpaired) electrons. The summed E-state index contributed by atoms with van der Waals surface area (Å²) in [5.41, 5.74) is 2.07. The molecule has 1 fully saturated rings. The van der Waals surface area contributed by atoms with E-state index in [0.29, 0.717) is 38.4 Å². The fraction of sp³-hybridized carbons (Fsp3) is 0.286. The summed E-state index contributed by atoms with van der Waals surface area (Å²) in [7, 11) is 0. The van der Waals surface area contributed by atoms with Crippen LogP contribution in [0.2, 0.25) is 5.02 Å². The van der Waals surface area contributed by atoms with Crippen molar-refractivity contribution in [2.45, 2.75) is 43.5 Å². The van der Waals surface area contributed by atoms with Gasteiger partial charge in [-0.25, -0.2) is 8.78 Å². The van der Waals surface area contributed by atoms with Crippen LogP contribution in [0.3, 0.4) is 0 Å². The van der Waals surface area contributed by atoms with Gasteiger partial charge in [-0.05, 0) is 59.5 Å². The van der Waals surface area contributed by atoms with Crippen LogP contribution in [-0.2, 0) is 17.8 Å². The SMILES string of the molecule is OC[C@H]1O[C@@H](c2ccc(Cl)c(Cc3ccc(OCc4cc5ccc(F)cc5o4)c(F)c3)c2)[C@H](O)[C@@H](O)[C@@H]1O. The highest BCUT2D eigenvalue weighted by Gasteiger charge is 2.44. The predicted octanol–water partition coefficient (Wildman–Crippen LogP) is 4.05. The average Bonchev–Trinajstić information content (AvgIpc) is 3.30. The molecule has 0 saturated carbocycles. The lowest BCUT2D eigenvalue weighted by Crippen LogP contribution is -2.55. The Balaban J connectivity index is 1.29. The lowest BCUT2D eigenvalue weighted by Gasteiger charge is -2.40.